The summed E-state index contributed by atoms with van der Waals surface area (Å²) < 4.78 is 14.9. The minimum Gasteiger partial charge on any atom is -0.352 e. The zero-order valence-corrected chi connectivity index (χ0v) is 12.9. The minimum absolute atomic E-state index is 0.119. The highest BCUT2D eigenvalue weighted by molar-refractivity contribution is 5.77. The Balaban J connectivity index is 1.61. The maximum Gasteiger partial charge on any atom is 0.261 e. The molecule has 0 aliphatic rings. The number of para-hydroxylation sites is 1. The maximum absolute atomic E-state index is 13.5. The van der Waals surface area contributed by atoms with Crippen molar-refractivity contribution in [2.24, 2.45) is 0 Å². The number of aryl methyl sites for hydroxylation is 1. The van der Waals surface area contributed by atoms with Gasteiger partial charge in [0.05, 0.1) is 17.2 Å². The Morgan fingerprint density at radius 2 is 1.88 bits per heavy atom. The van der Waals surface area contributed by atoms with E-state index < -0.39 is 0 Å². The normalized spacial score (nSPS) is 10.7. The predicted octanol–water partition coefficient (Wildman–Crippen LogP) is 2.24. The van der Waals surface area contributed by atoms with Crippen LogP contribution in [0.3, 0.4) is 0 Å². The third-order valence-corrected chi connectivity index (χ3v) is 3.75. The van der Waals surface area contributed by atoms with Gasteiger partial charge in [-0.1, -0.05) is 30.3 Å². The summed E-state index contributed by atoms with van der Waals surface area (Å²) in [6.45, 7) is 0.343. The average molecular weight is 325 g/mol. The quantitative estimate of drug-likeness (QED) is 0.782. The van der Waals surface area contributed by atoms with Gasteiger partial charge in [-0.2, -0.15) is 0 Å². The fourth-order valence-corrected chi connectivity index (χ4v) is 2.41. The molecule has 24 heavy (non-hydrogen) atoms. The molecule has 1 amide bonds. The van der Waals surface area contributed by atoms with E-state index in [1.54, 1.807) is 36.4 Å². The second-order valence-corrected chi connectivity index (χ2v) is 5.38. The first kappa shape index (κ1) is 15.9. The van der Waals surface area contributed by atoms with Crippen LogP contribution in [0.5, 0.6) is 0 Å². The lowest BCUT2D eigenvalue weighted by Crippen LogP contribution is -2.27. The van der Waals surface area contributed by atoms with Crippen molar-refractivity contribution in [1.29, 1.82) is 0 Å². The minimum atomic E-state index is -0.354. The SMILES string of the molecule is O=C(CCn1cnc2ccccc2c1=O)NCc1ccccc1F. The molecule has 0 saturated heterocycles. The van der Waals surface area contributed by atoms with Gasteiger partial charge in [-0.25, -0.2) is 9.37 Å². The molecule has 0 radical (unpaired) electrons. The van der Waals surface area contributed by atoms with Gasteiger partial charge in [0.1, 0.15) is 5.82 Å². The predicted molar refractivity (Wildman–Crippen MR) is 88.9 cm³/mol. The van der Waals surface area contributed by atoms with Crippen LogP contribution in [0.15, 0.2) is 59.7 Å². The molecule has 1 N–H and O–H groups in total. The fraction of sp³-hybridized carbons (Fsp3) is 0.167. The van der Waals surface area contributed by atoms with Gasteiger partial charge in [0, 0.05) is 25.1 Å². The van der Waals surface area contributed by atoms with Gasteiger partial charge in [-0.3, -0.25) is 14.2 Å². The van der Waals surface area contributed by atoms with Gasteiger partial charge in [0.25, 0.3) is 5.56 Å². The molecule has 122 valence electrons. The van der Waals surface area contributed by atoms with Gasteiger partial charge in [0.2, 0.25) is 5.91 Å². The molecule has 0 fully saturated rings. The van der Waals surface area contributed by atoms with Gasteiger partial charge in [-0.15, -0.1) is 0 Å². The summed E-state index contributed by atoms with van der Waals surface area (Å²) in [7, 11) is 0. The number of nitrogens with zero attached hydrogens (tertiary/aromatic N) is 2. The number of rotatable bonds is 5. The van der Waals surface area contributed by atoms with E-state index in [4.69, 9.17) is 0 Å². The number of fused-ring (bicyclic) bond motifs is 1. The standard InChI is InChI=1S/C18H16FN3O2/c19-15-7-3-1-5-13(15)11-20-17(23)9-10-22-12-21-16-8-4-2-6-14(16)18(22)24/h1-8,12H,9-11H2,(H,20,23). The summed E-state index contributed by atoms with van der Waals surface area (Å²) in [6.07, 6.45) is 1.56. The Hall–Kier alpha value is -3.02. The molecule has 0 spiro atoms. The van der Waals surface area contributed by atoms with Crippen molar-refractivity contribution in [2.75, 3.05) is 0 Å². The zero-order chi connectivity index (χ0) is 16.9. The number of aromatic nitrogens is 2. The summed E-state index contributed by atoms with van der Waals surface area (Å²) >= 11 is 0. The number of hydrogen-bond donors (Lipinski definition) is 1. The Labute approximate surface area is 137 Å². The first-order valence-corrected chi connectivity index (χ1v) is 7.59. The van der Waals surface area contributed by atoms with E-state index in [1.165, 1.54) is 17.0 Å². The van der Waals surface area contributed by atoms with Crippen molar-refractivity contribution in [3.05, 3.63) is 76.6 Å². The Bertz CT molecular complexity index is 937. The lowest BCUT2D eigenvalue weighted by atomic mass is 10.2. The molecular formula is C18H16FN3O2. The number of carbonyl (C=O) groups is 1. The van der Waals surface area contributed by atoms with E-state index in [9.17, 15) is 14.0 Å². The van der Waals surface area contributed by atoms with Crippen molar-refractivity contribution in [1.82, 2.24) is 14.9 Å². The third-order valence-electron chi connectivity index (χ3n) is 3.75. The van der Waals surface area contributed by atoms with Gasteiger partial charge in [-0.05, 0) is 18.2 Å². The molecule has 3 rings (SSSR count). The Morgan fingerprint density at radius 1 is 1.12 bits per heavy atom. The van der Waals surface area contributed by atoms with Gasteiger partial charge >= 0.3 is 0 Å². The van der Waals surface area contributed by atoms with Crippen molar-refractivity contribution >= 4 is 16.8 Å². The number of hydrogen-bond acceptors (Lipinski definition) is 3. The van der Waals surface area contributed by atoms with Crippen molar-refractivity contribution in [3.8, 4) is 0 Å². The van der Waals surface area contributed by atoms with Crippen LogP contribution < -0.4 is 10.9 Å². The van der Waals surface area contributed by atoms with Crippen LogP contribution in [0.1, 0.15) is 12.0 Å². The van der Waals surface area contributed by atoms with Crippen LogP contribution >= 0.6 is 0 Å². The summed E-state index contributed by atoms with van der Waals surface area (Å²) in [5.41, 5.74) is 0.876. The molecule has 2 aromatic carbocycles. The average Bonchev–Trinajstić information content (AvgIpc) is 2.61. The van der Waals surface area contributed by atoms with E-state index in [0.717, 1.165) is 0 Å². The van der Waals surface area contributed by atoms with E-state index in [2.05, 4.69) is 10.3 Å². The van der Waals surface area contributed by atoms with Crippen LogP contribution in [-0.4, -0.2) is 15.5 Å². The molecule has 3 aromatic rings. The summed E-state index contributed by atoms with van der Waals surface area (Å²) in [4.78, 5) is 28.4. The topological polar surface area (TPSA) is 64.0 Å². The van der Waals surface area contributed by atoms with Crippen LogP contribution in [0.2, 0.25) is 0 Å². The monoisotopic (exact) mass is 325 g/mol. The van der Waals surface area contributed by atoms with Crippen LogP contribution in [0.25, 0.3) is 10.9 Å². The smallest absolute Gasteiger partial charge is 0.261 e. The van der Waals surface area contributed by atoms with Crippen LogP contribution in [-0.2, 0) is 17.9 Å². The lowest BCUT2D eigenvalue weighted by molar-refractivity contribution is -0.121. The highest BCUT2D eigenvalue weighted by Gasteiger charge is 2.07. The first-order chi connectivity index (χ1) is 11.6. The molecule has 1 heterocycles. The van der Waals surface area contributed by atoms with Crippen LogP contribution in [0, 0.1) is 5.82 Å². The molecule has 0 aliphatic carbocycles. The second-order valence-electron chi connectivity index (χ2n) is 5.38. The van der Waals surface area contributed by atoms with Gasteiger partial charge < -0.3 is 5.32 Å². The summed E-state index contributed by atoms with van der Waals surface area (Å²) in [5, 5.41) is 3.17. The summed E-state index contributed by atoms with van der Waals surface area (Å²) in [5.74, 6) is -0.605. The van der Waals surface area contributed by atoms with E-state index in [0.29, 0.717) is 16.5 Å². The van der Waals surface area contributed by atoms with E-state index >= 15 is 0 Å². The Morgan fingerprint density at radius 3 is 2.71 bits per heavy atom. The molecule has 1 aromatic heterocycles. The molecular weight excluding hydrogens is 309 g/mol. The highest BCUT2D eigenvalue weighted by Crippen LogP contribution is 2.06. The summed E-state index contributed by atoms with van der Waals surface area (Å²) in [6, 6.07) is 13.3. The van der Waals surface area contributed by atoms with Crippen LogP contribution in [0.4, 0.5) is 4.39 Å². The molecule has 0 atom stereocenters. The van der Waals surface area contributed by atoms with E-state index in [1.807, 2.05) is 6.07 Å². The molecule has 0 unspecified atom stereocenters. The molecule has 5 nitrogen and oxygen atoms in total. The highest BCUT2D eigenvalue weighted by atomic mass is 19.1. The van der Waals surface area contributed by atoms with E-state index in [-0.39, 0.29) is 36.8 Å². The molecule has 0 bridgehead atoms. The number of halogens is 1. The number of benzene rings is 2. The van der Waals surface area contributed by atoms with Gasteiger partial charge in [0.15, 0.2) is 0 Å². The number of nitrogens with one attached hydrogen (secondary N) is 1. The molecule has 0 saturated carbocycles. The first-order valence-electron chi connectivity index (χ1n) is 7.59. The lowest BCUT2D eigenvalue weighted by Gasteiger charge is -2.08. The van der Waals surface area contributed by atoms with Crippen molar-refractivity contribution in [3.63, 3.8) is 0 Å². The zero-order valence-electron chi connectivity index (χ0n) is 12.9. The maximum atomic E-state index is 13.5. The molecule has 6 heteroatoms. The van der Waals surface area contributed by atoms with Crippen molar-refractivity contribution in [2.45, 2.75) is 19.5 Å². The Kier molecular flexibility index (Phi) is 4.65. The number of amides is 1. The third kappa shape index (κ3) is 3.48. The largest absolute Gasteiger partial charge is 0.352 e. The number of carbonyl (C=O) groups excluding carboxylic acids is 1. The fourth-order valence-electron chi connectivity index (χ4n) is 2.41. The second kappa shape index (κ2) is 7.04. The van der Waals surface area contributed by atoms with Crippen molar-refractivity contribution < 1.29 is 9.18 Å². The molecule has 0 aliphatic heterocycles.